The molecule has 1 saturated carbocycles. The van der Waals surface area contributed by atoms with Crippen LogP contribution in [0.2, 0.25) is 0 Å². The minimum atomic E-state index is -0.492. The zero-order valence-electron chi connectivity index (χ0n) is 31.7. The average molecular weight is 750 g/mol. The Kier molecular flexibility index (Phi) is 15.0. The molecule has 8 radical (unpaired) electrons. The van der Waals surface area contributed by atoms with Crippen LogP contribution in [-0.4, -0.2) is 222 Å². The molecule has 16 atom stereocenters. The van der Waals surface area contributed by atoms with E-state index in [1.165, 1.54) is 0 Å². The standard InChI is InChI=1S/C9H15BO3.2C8H13BO4.C8H13BO3S/c1-11-5-9-4-3-6(7(9)12-2)8(10)13-9;2*1-10-3-8-4-12-5(6(8)11-2)7(9)13-8;1-10-3-8-4-13-5(6(8)11-2)7(9)12-8/h6-8H,3-5H2,1-2H3;3*5-7H,3-4H2,1-2H3/t6?,7-,8-,9-;5?,6-,7+,8+;2*5?,6-,7-,8+/m1011/s1. The summed E-state index contributed by atoms with van der Waals surface area (Å²) in [5, 5.41) is 0.264. The monoisotopic (exact) mass is 750 g/mol. The smallest absolute Gasteiger partial charge is 0.143 e. The second-order valence-electron chi connectivity index (χ2n) is 14.5. The zero-order valence-corrected chi connectivity index (χ0v) is 32.5. The number of ether oxygens (including phenoxy) is 14. The van der Waals surface area contributed by atoms with Crippen LogP contribution in [0.1, 0.15) is 12.8 Å². The van der Waals surface area contributed by atoms with Crippen LogP contribution >= 0.6 is 11.8 Å². The molecule has 0 aromatic heterocycles. The molecule has 0 spiro atoms. The summed E-state index contributed by atoms with van der Waals surface area (Å²) in [5.41, 5.74) is -1.56. The van der Waals surface area contributed by atoms with Gasteiger partial charge >= 0.3 is 0 Å². The van der Waals surface area contributed by atoms with Gasteiger partial charge in [0.05, 0.1) is 51.0 Å². The van der Waals surface area contributed by atoms with Crippen molar-refractivity contribution in [1.29, 1.82) is 0 Å². The molecular weight excluding hydrogens is 696 g/mol. The summed E-state index contributed by atoms with van der Waals surface area (Å²) in [6.45, 7) is 3.04. The minimum Gasteiger partial charge on any atom is -0.382 e. The second-order valence-corrected chi connectivity index (χ2v) is 15.6. The molecular formula is C33H54B4O14S. The van der Waals surface area contributed by atoms with Crippen molar-refractivity contribution < 1.29 is 66.3 Å². The molecule has 7 saturated heterocycles. The number of hydrogen-bond donors (Lipinski definition) is 0. The summed E-state index contributed by atoms with van der Waals surface area (Å²) in [6.07, 6.45) is 1.75. The third-order valence-electron chi connectivity index (χ3n) is 11.3. The summed E-state index contributed by atoms with van der Waals surface area (Å²) < 4.78 is 75.5. The van der Waals surface area contributed by atoms with Gasteiger partial charge in [-0.3, -0.25) is 0 Å². The maximum Gasteiger partial charge on any atom is 0.143 e. The first kappa shape index (κ1) is 43.2. The van der Waals surface area contributed by atoms with Crippen molar-refractivity contribution in [2.24, 2.45) is 5.92 Å². The number of thioether (sulfide) groups is 1. The van der Waals surface area contributed by atoms with E-state index in [0.717, 1.165) is 18.6 Å². The van der Waals surface area contributed by atoms with Gasteiger partial charge in [-0.15, -0.1) is 0 Å². The van der Waals surface area contributed by atoms with Gasteiger partial charge in [-0.1, -0.05) is 0 Å². The summed E-state index contributed by atoms with van der Waals surface area (Å²) in [7, 11) is 36.4. The van der Waals surface area contributed by atoms with Crippen molar-refractivity contribution >= 4 is 43.1 Å². The van der Waals surface area contributed by atoms with E-state index in [9.17, 15) is 0 Å². The summed E-state index contributed by atoms with van der Waals surface area (Å²) in [6, 6.07) is -1.17. The largest absolute Gasteiger partial charge is 0.382 e. The van der Waals surface area contributed by atoms with E-state index >= 15 is 0 Å². The lowest BCUT2D eigenvalue weighted by Crippen LogP contribution is -2.45. The lowest BCUT2D eigenvalue weighted by molar-refractivity contribution is -0.144. The Morgan fingerprint density at radius 3 is 1.35 bits per heavy atom. The SMILES string of the molecule is [B][C@@H]1O[C@@]2(COC)CCC1[C@H]2OC.[B][C@@H]1O[C@@]2(COC)COC1[C@H]2OC.[B][C@@H]1O[C@@]2(COC)CSC1[C@H]2OC.[B][C@@H]1O[C@]2(COC)COC1[C@@H]2OC. The van der Waals surface area contributed by atoms with Crippen LogP contribution in [0.15, 0.2) is 0 Å². The van der Waals surface area contributed by atoms with E-state index in [0.29, 0.717) is 45.6 Å². The molecule has 14 nitrogen and oxygen atoms in total. The van der Waals surface area contributed by atoms with Crippen LogP contribution in [0.5, 0.6) is 0 Å². The minimum absolute atomic E-state index is 0.0763. The van der Waals surface area contributed by atoms with Crippen molar-refractivity contribution in [3.8, 4) is 0 Å². The first-order valence-corrected chi connectivity index (χ1v) is 18.6. The summed E-state index contributed by atoms with van der Waals surface area (Å²) in [4.78, 5) is 0. The van der Waals surface area contributed by atoms with Crippen LogP contribution in [0, 0.1) is 5.92 Å². The summed E-state index contributed by atoms with van der Waals surface area (Å²) >= 11 is 1.82. The fraction of sp³-hybridized carbons (Fsp3) is 1.00. The quantitative estimate of drug-likeness (QED) is 0.226. The first-order chi connectivity index (χ1) is 24.9. The van der Waals surface area contributed by atoms with Crippen molar-refractivity contribution in [1.82, 2.24) is 0 Å². The van der Waals surface area contributed by atoms with Crippen molar-refractivity contribution in [2.45, 2.75) is 101 Å². The van der Waals surface area contributed by atoms with Gasteiger partial charge in [0, 0.05) is 92.6 Å². The third-order valence-corrected chi connectivity index (χ3v) is 12.8. The van der Waals surface area contributed by atoms with E-state index in [1.807, 2.05) is 11.8 Å². The first-order valence-electron chi connectivity index (χ1n) is 17.6. The number of hydrogen-bond acceptors (Lipinski definition) is 15. The predicted molar refractivity (Wildman–Crippen MR) is 193 cm³/mol. The highest BCUT2D eigenvalue weighted by molar-refractivity contribution is 8.00. The highest BCUT2D eigenvalue weighted by Gasteiger charge is 2.62. The lowest BCUT2D eigenvalue weighted by Gasteiger charge is -2.30. The van der Waals surface area contributed by atoms with Gasteiger partial charge in [0.2, 0.25) is 0 Å². The molecule has 8 rings (SSSR count). The highest BCUT2D eigenvalue weighted by atomic mass is 32.2. The second kappa shape index (κ2) is 18.1. The topological polar surface area (TPSA) is 129 Å². The number of fused-ring (bicyclic) bond motifs is 8. The predicted octanol–water partition coefficient (Wildman–Crippen LogP) is -1.03. The van der Waals surface area contributed by atoms with Gasteiger partial charge in [0.25, 0.3) is 0 Å². The fourth-order valence-electron chi connectivity index (χ4n) is 9.23. The molecule has 0 aromatic rings. The van der Waals surface area contributed by atoms with Crippen molar-refractivity contribution in [3.05, 3.63) is 0 Å². The van der Waals surface area contributed by atoms with Crippen LogP contribution in [0.4, 0.5) is 0 Å². The Morgan fingerprint density at radius 2 is 0.942 bits per heavy atom. The molecule has 1 aliphatic carbocycles. The maximum atomic E-state index is 5.84. The Bertz CT molecular complexity index is 975. The van der Waals surface area contributed by atoms with Crippen molar-refractivity contribution in [3.63, 3.8) is 0 Å². The van der Waals surface area contributed by atoms with E-state index in [2.05, 4.69) is 0 Å². The highest BCUT2D eigenvalue weighted by Crippen LogP contribution is 2.49. The normalized spacial score (nSPS) is 48.6. The van der Waals surface area contributed by atoms with E-state index in [-0.39, 0.29) is 65.1 Å². The lowest BCUT2D eigenvalue weighted by atomic mass is 9.85. The maximum absolute atomic E-state index is 5.84. The van der Waals surface area contributed by atoms with Gasteiger partial charge in [-0.2, -0.15) is 11.8 Å². The Hall–Kier alpha value is 0.0497. The van der Waals surface area contributed by atoms with E-state index in [1.54, 1.807) is 56.9 Å². The molecule has 8 bridgehead atoms. The zero-order chi connectivity index (χ0) is 37.9. The molecule has 7 heterocycles. The Balaban J connectivity index is 0.000000134. The van der Waals surface area contributed by atoms with Crippen LogP contribution in [0.25, 0.3) is 0 Å². The molecule has 288 valence electrons. The third kappa shape index (κ3) is 7.82. The fourth-order valence-corrected chi connectivity index (χ4v) is 10.8. The number of rotatable bonds is 12. The summed E-state index contributed by atoms with van der Waals surface area (Å²) in [5.74, 6) is 1.26. The van der Waals surface area contributed by atoms with Gasteiger partial charge < -0.3 is 66.3 Å². The van der Waals surface area contributed by atoms with Gasteiger partial charge in [0.15, 0.2) is 0 Å². The van der Waals surface area contributed by atoms with Crippen LogP contribution in [-0.2, 0) is 66.3 Å². The Morgan fingerprint density at radius 1 is 0.519 bits per heavy atom. The number of methoxy groups -OCH3 is 8. The van der Waals surface area contributed by atoms with Crippen LogP contribution in [0.3, 0.4) is 0 Å². The van der Waals surface area contributed by atoms with Gasteiger partial charge in [-0.25, -0.2) is 0 Å². The molecule has 52 heavy (non-hydrogen) atoms. The van der Waals surface area contributed by atoms with Crippen molar-refractivity contribution in [2.75, 3.05) is 102 Å². The molecule has 7 aliphatic heterocycles. The Labute approximate surface area is 318 Å². The van der Waals surface area contributed by atoms with E-state index in [4.69, 9.17) is 97.7 Å². The van der Waals surface area contributed by atoms with Gasteiger partial charge in [-0.05, 0) is 12.8 Å². The van der Waals surface area contributed by atoms with E-state index < -0.39 is 23.2 Å². The molecule has 0 aromatic carbocycles. The molecule has 4 unspecified atom stereocenters. The molecule has 19 heteroatoms. The molecule has 8 fully saturated rings. The van der Waals surface area contributed by atoms with Crippen LogP contribution < -0.4 is 0 Å². The molecule has 0 amide bonds. The average Bonchev–Trinajstić information content (AvgIpc) is 3.98. The molecule has 8 aliphatic rings. The van der Waals surface area contributed by atoms with Gasteiger partial charge in [0.1, 0.15) is 84.3 Å². The molecule has 0 N–H and O–H groups in total.